The van der Waals surface area contributed by atoms with Crippen LogP contribution in [0.25, 0.3) is 0 Å². The van der Waals surface area contributed by atoms with E-state index < -0.39 is 11.2 Å². The number of phenolic OH excluding ortho intramolecular Hbond substituents is 1. The SMILES string of the molecule is COC1(c2ccc(O)cc2)CCN(C(=O)OC(C)(C)C)CC1. The summed E-state index contributed by atoms with van der Waals surface area (Å²) < 4.78 is 11.2. The fraction of sp³-hybridized carbons (Fsp3) is 0.588. The number of carbonyl (C=O) groups is 1. The van der Waals surface area contributed by atoms with E-state index in [-0.39, 0.29) is 11.8 Å². The standard InChI is InChI=1S/C17H25NO4/c1-16(2,3)22-15(20)18-11-9-17(21-4,10-12-18)13-5-7-14(19)8-6-13/h5-8,19H,9-12H2,1-4H3. The summed E-state index contributed by atoms with van der Waals surface area (Å²) >= 11 is 0. The lowest BCUT2D eigenvalue weighted by atomic mass is 9.84. The summed E-state index contributed by atoms with van der Waals surface area (Å²) in [7, 11) is 1.69. The van der Waals surface area contributed by atoms with Crippen LogP contribution in [0.2, 0.25) is 0 Å². The van der Waals surface area contributed by atoms with Gasteiger partial charge >= 0.3 is 6.09 Å². The second-order valence-electron chi connectivity index (χ2n) is 6.71. The molecule has 0 spiro atoms. The van der Waals surface area contributed by atoms with Gasteiger partial charge in [0.05, 0.1) is 5.60 Å². The van der Waals surface area contributed by atoms with Crippen molar-refractivity contribution in [1.82, 2.24) is 4.90 Å². The molecule has 0 aliphatic carbocycles. The summed E-state index contributed by atoms with van der Waals surface area (Å²) in [6.45, 7) is 6.77. The van der Waals surface area contributed by atoms with Gasteiger partial charge in [0, 0.05) is 20.2 Å². The molecule has 2 rings (SSSR count). The molecule has 122 valence electrons. The maximum Gasteiger partial charge on any atom is 0.410 e. The predicted molar refractivity (Wildman–Crippen MR) is 83.8 cm³/mol. The van der Waals surface area contributed by atoms with Crippen molar-refractivity contribution >= 4 is 6.09 Å². The number of hydrogen-bond acceptors (Lipinski definition) is 4. The van der Waals surface area contributed by atoms with Crippen molar-refractivity contribution in [2.75, 3.05) is 20.2 Å². The van der Waals surface area contributed by atoms with E-state index in [1.807, 2.05) is 32.9 Å². The Labute approximate surface area is 131 Å². The summed E-state index contributed by atoms with van der Waals surface area (Å²) in [5, 5.41) is 9.42. The van der Waals surface area contributed by atoms with Gasteiger partial charge in [0.25, 0.3) is 0 Å². The number of amides is 1. The molecule has 1 saturated heterocycles. The largest absolute Gasteiger partial charge is 0.508 e. The van der Waals surface area contributed by atoms with Crippen molar-refractivity contribution in [3.63, 3.8) is 0 Å². The highest BCUT2D eigenvalue weighted by Gasteiger charge is 2.38. The molecule has 0 aromatic heterocycles. The minimum atomic E-state index is -0.482. The van der Waals surface area contributed by atoms with Crippen molar-refractivity contribution in [2.45, 2.75) is 44.8 Å². The van der Waals surface area contributed by atoms with Crippen LogP contribution in [-0.4, -0.2) is 41.9 Å². The number of nitrogens with zero attached hydrogens (tertiary/aromatic N) is 1. The Balaban J connectivity index is 2.05. The van der Waals surface area contributed by atoms with Gasteiger partial charge < -0.3 is 19.5 Å². The first-order valence-corrected chi connectivity index (χ1v) is 7.58. The lowest BCUT2D eigenvalue weighted by Crippen LogP contribution is -2.47. The molecule has 1 aliphatic rings. The van der Waals surface area contributed by atoms with Gasteiger partial charge in [0.1, 0.15) is 11.4 Å². The normalized spacial score (nSPS) is 18.1. The Hall–Kier alpha value is -1.75. The Kier molecular flexibility index (Phi) is 4.66. The fourth-order valence-electron chi connectivity index (χ4n) is 2.75. The lowest BCUT2D eigenvalue weighted by Gasteiger charge is -2.41. The molecule has 1 fully saturated rings. The zero-order chi connectivity index (χ0) is 16.4. The van der Waals surface area contributed by atoms with E-state index in [1.165, 1.54) is 0 Å². The number of ether oxygens (including phenoxy) is 2. The Morgan fingerprint density at radius 3 is 2.18 bits per heavy atom. The van der Waals surface area contributed by atoms with Crippen LogP contribution in [0.5, 0.6) is 5.75 Å². The summed E-state index contributed by atoms with van der Waals surface area (Å²) in [6, 6.07) is 7.08. The summed E-state index contributed by atoms with van der Waals surface area (Å²) in [5.74, 6) is 0.237. The summed E-state index contributed by atoms with van der Waals surface area (Å²) in [5.41, 5.74) is 0.132. The molecule has 1 heterocycles. The fourth-order valence-corrected chi connectivity index (χ4v) is 2.75. The highest BCUT2D eigenvalue weighted by molar-refractivity contribution is 5.68. The molecule has 1 aliphatic heterocycles. The molecule has 5 heteroatoms. The highest BCUT2D eigenvalue weighted by atomic mass is 16.6. The van der Waals surface area contributed by atoms with Crippen LogP contribution in [0.15, 0.2) is 24.3 Å². The minimum absolute atomic E-state index is 0.237. The molecule has 0 bridgehead atoms. The topological polar surface area (TPSA) is 59.0 Å². The Morgan fingerprint density at radius 1 is 1.18 bits per heavy atom. The molecular formula is C17H25NO4. The van der Waals surface area contributed by atoms with Gasteiger partial charge in [-0.2, -0.15) is 0 Å². The molecule has 5 nitrogen and oxygen atoms in total. The molecule has 1 aromatic carbocycles. The van der Waals surface area contributed by atoms with E-state index >= 15 is 0 Å². The van der Waals surface area contributed by atoms with Crippen molar-refractivity contribution in [3.8, 4) is 5.75 Å². The average molecular weight is 307 g/mol. The van der Waals surface area contributed by atoms with Gasteiger partial charge in [-0.05, 0) is 51.3 Å². The second kappa shape index (κ2) is 6.16. The summed E-state index contributed by atoms with van der Waals surface area (Å²) in [6.07, 6.45) is 1.13. The number of benzene rings is 1. The van der Waals surface area contributed by atoms with Crippen LogP contribution in [0.1, 0.15) is 39.2 Å². The quantitative estimate of drug-likeness (QED) is 0.911. The molecule has 0 saturated carbocycles. The van der Waals surface area contributed by atoms with Crippen molar-refractivity contribution in [1.29, 1.82) is 0 Å². The van der Waals surface area contributed by atoms with Crippen LogP contribution in [0.3, 0.4) is 0 Å². The number of piperidine rings is 1. The van der Waals surface area contributed by atoms with Gasteiger partial charge in [0.2, 0.25) is 0 Å². The van der Waals surface area contributed by atoms with Crippen LogP contribution in [0, 0.1) is 0 Å². The van der Waals surface area contributed by atoms with Crippen LogP contribution in [0.4, 0.5) is 4.79 Å². The second-order valence-corrected chi connectivity index (χ2v) is 6.71. The maximum absolute atomic E-state index is 12.1. The Bertz CT molecular complexity index is 510. The number of methoxy groups -OCH3 is 1. The molecule has 1 N–H and O–H groups in total. The van der Waals surface area contributed by atoms with E-state index in [0.29, 0.717) is 25.9 Å². The van der Waals surface area contributed by atoms with E-state index in [4.69, 9.17) is 9.47 Å². The minimum Gasteiger partial charge on any atom is -0.508 e. The number of rotatable bonds is 2. The number of aromatic hydroxyl groups is 1. The Morgan fingerprint density at radius 2 is 1.73 bits per heavy atom. The number of likely N-dealkylation sites (tertiary alicyclic amines) is 1. The molecule has 1 amide bonds. The monoisotopic (exact) mass is 307 g/mol. The van der Waals surface area contributed by atoms with Gasteiger partial charge in [-0.15, -0.1) is 0 Å². The maximum atomic E-state index is 12.1. The zero-order valence-electron chi connectivity index (χ0n) is 13.8. The number of phenols is 1. The third-order valence-electron chi connectivity index (χ3n) is 4.01. The van der Waals surface area contributed by atoms with E-state index in [2.05, 4.69) is 0 Å². The van der Waals surface area contributed by atoms with E-state index in [9.17, 15) is 9.90 Å². The lowest BCUT2D eigenvalue weighted by molar-refractivity contribution is -0.0650. The highest BCUT2D eigenvalue weighted by Crippen LogP contribution is 2.37. The predicted octanol–water partition coefficient (Wildman–Crippen LogP) is 3.26. The van der Waals surface area contributed by atoms with Crippen molar-refractivity contribution in [3.05, 3.63) is 29.8 Å². The molecule has 1 aromatic rings. The summed E-state index contributed by atoms with van der Waals surface area (Å²) in [4.78, 5) is 13.8. The molecule has 0 radical (unpaired) electrons. The van der Waals surface area contributed by atoms with Crippen LogP contribution in [-0.2, 0) is 15.1 Å². The first-order valence-electron chi connectivity index (χ1n) is 7.58. The third-order valence-corrected chi connectivity index (χ3v) is 4.01. The van der Waals surface area contributed by atoms with E-state index in [1.54, 1.807) is 24.1 Å². The smallest absolute Gasteiger partial charge is 0.410 e. The van der Waals surface area contributed by atoms with Crippen LogP contribution < -0.4 is 0 Å². The van der Waals surface area contributed by atoms with Crippen molar-refractivity contribution in [2.24, 2.45) is 0 Å². The van der Waals surface area contributed by atoms with Gasteiger partial charge in [-0.25, -0.2) is 4.79 Å². The molecular weight excluding hydrogens is 282 g/mol. The van der Waals surface area contributed by atoms with Gasteiger partial charge in [-0.1, -0.05) is 12.1 Å². The molecule has 0 atom stereocenters. The number of hydrogen-bond donors (Lipinski definition) is 1. The van der Waals surface area contributed by atoms with Gasteiger partial charge in [-0.3, -0.25) is 0 Å². The zero-order valence-corrected chi connectivity index (χ0v) is 13.8. The number of carbonyl (C=O) groups excluding carboxylic acids is 1. The van der Waals surface area contributed by atoms with Crippen molar-refractivity contribution < 1.29 is 19.4 Å². The average Bonchev–Trinajstić information content (AvgIpc) is 2.46. The van der Waals surface area contributed by atoms with Gasteiger partial charge in [0.15, 0.2) is 0 Å². The van der Waals surface area contributed by atoms with Crippen LogP contribution >= 0.6 is 0 Å². The molecule has 22 heavy (non-hydrogen) atoms. The molecule has 0 unspecified atom stereocenters. The van der Waals surface area contributed by atoms with E-state index in [0.717, 1.165) is 5.56 Å². The first-order chi connectivity index (χ1) is 10.3. The first kappa shape index (κ1) is 16.6. The third kappa shape index (κ3) is 3.71.